The molecule has 0 radical (unpaired) electrons. The van der Waals surface area contributed by atoms with Crippen molar-refractivity contribution in [2.45, 2.75) is 30.4 Å². The van der Waals surface area contributed by atoms with Gasteiger partial charge in [-0.05, 0) is 25.2 Å². The Morgan fingerprint density at radius 1 is 1.56 bits per heavy atom. The number of nitrogens with zero attached hydrogens (tertiary/aromatic N) is 1. The van der Waals surface area contributed by atoms with Crippen molar-refractivity contribution in [3.63, 3.8) is 0 Å². The van der Waals surface area contributed by atoms with Crippen molar-refractivity contribution in [3.05, 3.63) is 24.0 Å². The van der Waals surface area contributed by atoms with E-state index in [9.17, 15) is 4.79 Å². The first-order chi connectivity index (χ1) is 8.67. The van der Waals surface area contributed by atoms with E-state index in [4.69, 9.17) is 5.73 Å². The molecule has 1 aromatic rings. The fourth-order valence-corrected chi connectivity index (χ4v) is 3.34. The molecule has 0 atom stereocenters. The second-order valence-electron chi connectivity index (χ2n) is 4.74. The number of rotatable bonds is 4. The van der Waals surface area contributed by atoms with Gasteiger partial charge in [-0.2, -0.15) is 11.8 Å². The third kappa shape index (κ3) is 2.77. The largest absolute Gasteiger partial charge is 0.397 e. The van der Waals surface area contributed by atoms with Crippen molar-refractivity contribution in [2.75, 3.05) is 18.5 Å². The van der Waals surface area contributed by atoms with Crippen molar-refractivity contribution in [1.29, 1.82) is 0 Å². The van der Waals surface area contributed by atoms with Crippen LogP contribution in [0.15, 0.2) is 18.5 Å². The molecule has 1 heterocycles. The molecule has 0 unspecified atom stereocenters. The summed E-state index contributed by atoms with van der Waals surface area (Å²) in [5.41, 5.74) is 6.69. The zero-order valence-electron chi connectivity index (χ0n) is 10.6. The number of thioether (sulfide) groups is 1. The van der Waals surface area contributed by atoms with Gasteiger partial charge in [0.25, 0.3) is 5.91 Å². The molecule has 0 bridgehead atoms. The average Bonchev–Trinajstić information content (AvgIpc) is 2.86. The molecule has 1 aromatic heterocycles. The van der Waals surface area contributed by atoms with Gasteiger partial charge in [0.05, 0.1) is 17.4 Å². The molecular formula is C13H19N3OS. The van der Waals surface area contributed by atoms with Gasteiger partial charge >= 0.3 is 0 Å². The van der Waals surface area contributed by atoms with Crippen LogP contribution in [0.5, 0.6) is 0 Å². The van der Waals surface area contributed by atoms with E-state index in [0.29, 0.717) is 11.3 Å². The second kappa shape index (κ2) is 5.61. The Morgan fingerprint density at radius 3 is 2.89 bits per heavy atom. The van der Waals surface area contributed by atoms with Crippen LogP contribution in [0.3, 0.4) is 0 Å². The first-order valence-electron chi connectivity index (χ1n) is 6.20. The molecule has 1 aliphatic rings. The smallest absolute Gasteiger partial charge is 0.253 e. The molecule has 0 saturated heterocycles. The van der Waals surface area contributed by atoms with E-state index < -0.39 is 0 Å². The molecule has 1 aliphatic carbocycles. The predicted octanol–water partition coefficient (Wildman–Crippen LogP) is 2.07. The molecule has 1 saturated carbocycles. The van der Waals surface area contributed by atoms with Gasteiger partial charge in [-0.1, -0.05) is 12.8 Å². The summed E-state index contributed by atoms with van der Waals surface area (Å²) in [7, 11) is 0. The summed E-state index contributed by atoms with van der Waals surface area (Å²) in [5, 5.41) is 3.01. The van der Waals surface area contributed by atoms with Crippen LogP contribution in [0.4, 0.5) is 5.69 Å². The van der Waals surface area contributed by atoms with E-state index in [0.717, 1.165) is 6.54 Å². The first kappa shape index (κ1) is 13.2. The number of aromatic nitrogens is 1. The van der Waals surface area contributed by atoms with E-state index in [1.54, 1.807) is 12.3 Å². The van der Waals surface area contributed by atoms with E-state index in [1.807, 2.05) is 11.8 Å². The number of nitrogens with one attached hydrogen (secondary N) is 1. The zero-order valence-corrected chi connectivity index (χ0v) is 11.4. The molecule has 0 spiro atoms. The fourth-order valence-electron chi connectivity index (χ4n) is 2.42. The normalized spacial score (nSPS) is 17.6. The number of hydrogen-bond acceptors (Lipinski definition) is 4. The van der Waals surface area contributed by atoms with Crippen LogP contribution in [-0.2, 0) is 0 Å². The molecule has 18 heavy (non-hydrogen) atoms. The fraction of sp³-hybridized carbons (Fsp3) is 0.538. The highest BCUT2D eigenvalue weighted by molar-refractivity contribution is 8.00. The summed E-state index contributed by atoms with van der Waals surface area (Å²) >= 11 is 1.86. The number of hydrogen-bond donors (Lipinski definition) is 2. The van der Waals surface area contributed by atoms with Crippen LogP contribution in [0.1, 0.15) is 36.0 Å². The highest BCUT2D eigenvalue weighted by atomic mass is 32.2. The summed E-state index contributed by atoms with van der Waals surface area (Å²) in [6, 6.07) is 1.66. The lowest BCUT2D eigenvalue weighted by molar-refractivity contribution is 0.0950. The molecule has 1 amide bonds. The minimum absolute atomic E-state index is 0.102. The molecule has 1 fully saturated rings. The number of nitrogens with two attached hydrogens (primary N) is 1. The van der Waals surface area contributed by atoms with Gasteiger partial charge in [0, 0.05) is 17.5 Å². The Morgan fingerprint density at radius 2 is 2.28 bits per heavy atom. The minimum atomic E-state index is -0.102. The Hall–Kier alpha value is -1.23. The number of carbonyl (C=O) groups excluding carboxylic acids is 1. The molecule has 3 N–H and O–H groups in total. The summed E-state index contributed by atoms with van der Waals surface area (Å²) in [4.78, 5) is 15.9. The molecule has 4 nitrogen and oxygen atoms in total. The highest BCUT2D eigenvalue weighted by Crippen LogP contribution is 2.39. The Balaban J connectivity index is 1.98. The van der Waals surface area contributed by atoms with Crippen molar-refractivity contribution in [2.24, 2.45) is 0 Å². The van der Waals surface area contributed by atoms with Crippen LogP contribution in [0.2, 0.25) is 0 Å². The van der Waals surface area contributed by atoms with Gasteiger partial charge in [-0.3, -0.25) is 9.78 Å². The Bertz CT molecular complexity index is 430. The standard InChI is InChI=1S/C13H19N3OS/c1-18-13(5-2-3-6-13)9-16-12(17)10-4-7-15-8-11(10)14/h4,7-8H,2-3,5-6,9,14H2,1H3,(H,16,17). The molecule has 98 valence electrons. The first-order valence-corrected chi connectivity index (χ1v) is 7.42. The van der Waals surface area contributed by atoms with Crippen molar-refractivity contribution in [3.8, 4) is 0 Å². The number of nitrogen functional groups attached to an aromatic ring is 1. The topological polar surface area (TPSA) is 68.0 Å². The van der Waals surface area contributed by atoms with Crippen LogP contribution in [-0.4, -0.2) is 28.4 Å². The highest BCUT2D eigenvalue weighted by Gasteiger charge is 2.33. The maximum absolute atomic E-state index is 12.1. The average molecular weight is 265 g/mol. The van der Waals surface area contributed by atoms with Crippen LogP contribution in [0.25, 0.3) is 0 Å². The number of pyridine rings is 1. The third-order valence-electron chi connectivity index (χ3n) is 3.62. The number of anilines is 1. The molecule has 0 aromatic carbocycles. The van der Waals surface area contributed by atoms with E-state index >= 15 is 0 Å². The number of amides is 1. The van der Waals surface area contributed by atoms with Crippen molar-refractivity contribution in [1.82, 2.24) is 10.3 Å². The van der Waals surface area contributed by atoms with Crippen molar-refractivity contribution < 1.29 is 4.79 Å². The summed E-state index contributed by atoms with van der Waals surface area (Å²) in [6.07, 6.45) is 10.1. The lowest BCUT2D eigenvalue weighted by Crippen LogP contribution is -2.38. The van der Waals surface area contributed by atoms with Gasteiger partial charge in [0.15, 0.2) is 0 Å². The Labute approximate surface area is 112 Å². The molecule has 0 aliphatic heterocycles. The van der Waals surface area contributed by atoms with Crippen LogP contribution < -0.4 is 11.1 Å². The van der Waals surface area contributed by atoms with Crippen LogP contribution >= 0.6 is 11.8 Å². The predicted molar refractivity (Wildman–Crippen MR) is 75.7 cm³/mol. The van der Waals surface area contributed by atoms with E-state index in [-0.39, 0.29) is 10.7 Å². The monoisotopic (exact) mass is 265 g/mol. The lowest BCUT2D eigenvalue weighted by atomic mass is 10.1. The molecular weight excluding hydrogens is 246 g/mol. The van der Waals surface area contributed by atoms with Gasteiger partial charge in [0.2, 0.25) is 0 Å². The summed E-state index contributed by atoms with van der Waals surface area (Å²) in [6.45, 7) is 0.717. The summed E-state index contributed by atoms with van der Waals surface area (Å²) < 4.78 is 0.220. The van der Waals surface area contributed by atoms with E-state index in [1.165, 1.54) is 31.9 Å². The van der Waals surface area contributed by atoms with E-state index in [2.05, 4.69) is 16.6 Å². The second-order valence-corrected chi connectivity index (χ2v) is 6.01. The van der Waals surface area contributed by atoms with Gasteiger partial charge in [-0.25, -0.2) is 0 Å². The zero-order chi connectivity index (χ0) is 13.0. The molecule has 5 heteroatoms. The van der Waals surface area contributed by atoms with Gasteiger partial charge in [0.1, 0.15) is 0 Å². The number of carbonyl (C=O) groups is 1. The van der Waals surface area contributed by atoms with Crippen LogP contribution in [0, 0.1) is 0 Å². The minimum Gasteiger partial charge on any atom is -0.397 e. The maximum atomic E-state index is 12.1. The van der Waals surface area contributed by atoms with Gasteiger partial charge in [-0.15, -0.1) is 0 Å². The third-order valence-corrected chi connectivity index (χ3v) is 5.03. The maximum Gasteiger partial charge on any atom is 0.253 e. The van der Waals surface area contributed by atoms with Crippen molar-refractivity contribution >= 4 is 23.4 Å². The Kier molecular flexibility index (Phi) is 4.11. The molecule has 2 rings (SSSR count). The van der Waals surface area contributed by atoms with Gasteiger partial charge < -0.3 is 11.1 Å². The lowest BCUT2D eigenvalue weighted by Gasteiger charge is -2.27. The SMILES string of the molecule is CSC1(CNC(=O)c2ccncc2N)CCCC1. The summed E-state index contributed by atoms with van der Waals surface area (Å²) in [5.74, 6) is -0.102. The quantitative estimate of drug-likeness (QED) is 0.874.